The number of primary amides is 1. The molecule has 3 aromatic heterocycles. The molecule has 0 saturated heterocycles. The van der Waals surface area contributed by atoms with Crippen molar-refractivity contribution in [3.8, 4) is 17.1 Å². The molecule has 32 heavy (non-hydrogen) atoms. The number of amides is 1. The third kappa shape index (κ3) is 4.33. The first kappa shape index (κ1) is 20.8. The van der Waals surface area contributed by atoms with Crippen molar-refractivity contribution in [2.45, 2.75) is 6.54 Å². The van der Waals surface area contributed by atoms with E-state index in [-0.39, 0.29) is 11.4 Å². The quantitative estimate of drug-likeness (QED) is 0.374. The van der Waals surface area contributed by atoms with Crippen LogP contribution in [0.4, 0.5) is 17.5 Å². The van der Waals surface area contributed by atoms with Crippen LogP contribution in [-0.4, -0.2) is 47.5 Å². The van der Waals surface area contributed by atoms with Gasteiger partial charge in [0.2, 0.25) is 5.95 Å². The number of ether oxygens (including phenoxy) is 1. The summed E-state index contributed by atoms with van der Waals surface area (Å²) in [6, 6.07) is 5.46. The van der Waals surface area contributed by atoms with E-state index >= 15 is 0 Å². The highest BCUT2D eigenvalue weighted by Crippen LogP contribution is 2.36. The second-order valence-corrected chi connectivity index (χ2v) is 6.95. The number of nitrogens with zero attached hydrogens (tertiary/aromatic N) is 7. The lowest BCUT2D eigenvalue weighted by molar-refractivity contribution is 0.100. The lowest BCUT2D eigenvalue weighted by atomic mass is 10.1. The zero-order valence-corrected chi connectivity index (χ0v) is 17.8. The van der Waals surface area contributed by atoms with E-state index in [1.165, 1.54) is 6.20 Å². The van der Waals surface area contributed by atoms with Gasteiger partial charge in [-0.25, -0.2) is 9.97 Å². The molecule has 0 atom stereocenters. The standard InChI is InChI=1S/C20H22N10O2/c1-29-10-12(8-25-29)7-22-20-23-9-14(17(21)31)19(27-20)26-15-6-4-5-13(16(15)32-3)18-24-11-30(2)28-18/h4-6,8-11H,7H2,1-3H3,(H2,21,31)(H2,22,23,26,27). The normalized spacial score (nSPS) is 10.7. The molecule has 4 N–H and O–H groups in total. The molecule has 12 nitrogen and oxygen atoms in total. The van der Waals surface area contributed by atoms with Gasteiger partial charge in [-0.05, 0) is 12.1 Å². The molecule has 0 bridgehead atoms. The molecule has 0 aliphatic heterocycles. The highest BCUT2D eigenvalue weighted by atomic mass is 16.5. The van der Waals surface area contributed by atoms with Gasteiger partial charge in [-0.2, -0.15) is 15.2 Å². The largest absolute Gasteiger partial charge is 0.494 e. The molecule has 164 valence electrons. The summed E-state index contributed by atoms with van der Waals surface area (Å²) in [7, 11) is 5.17. The Morgan fingerprint density at radius 2 is 2.03 bits per heavy atom. The number of methoxy groups -OCH3 is 1. The Balaban J connectivity index is 1.66. The average Bonchev–Trinajstić information content (AvgIpc) is 3.40. The highest BCUT2D eigenvalue weighted by molar-refractivity contribution is 5.98. The topological polar surface area (TPSA) is 151 Å². The van der Waals surface area contributed by atoms with Gasteiger partial charge in [0.15, 0.2) is 11.6 Å². The van der Waals surface area contributed by atoms with Crippen molar-refractivity contribution in [2.24, 2.45) is 19.8 Å². The number of hydrogen-bond acceptors (Lipinski definition) is 9. The Morgan fingerprint density at radius 1 is 1.19 bits per heavy atom. The third-order valence-corrected chi connectivity index (χ3v) is 4.58. The highest BCUT2D eigenvalue weighted by Gasteiger charge is 2.18. The van der Waals surface area contributed by atoms with Gasteiger partial charge in [-0.1, -0.05) is 6.07 Å². The van der Waals surface area contributed by atoms with Crippen molar-refractivity contribution in [1.29, 1.82) is 0 Å². The van der Waals surface area contributed by atoms with E-state index in [4.69, 9.17) is 10.5 Å². The van der Waals surface area contributed by atoms with Crippen molar-refractivity contribution in [2.75, 3.05) is 17.7 Å². The van der Waals surface area contributed by atoms with Crippen LogP contribution in [0.3, 0.4) is 0 Å². The Bertz CT molecular complexity index is 1260. The van der Waals surface area contributed by atoms with Crippen molar-refractivity contribution in [1.82, 2.24) is 34.5 Å². The fourth-order valence-electron chi connectivity index (χ4n) is 3.11. The molecule has 0 radical (unpaired) electrons. The zero-order chi connectivity index (χ0) is 22.7. The van der Waals surface area contributed by atoms with Crippen molar-refractivity contribution < 1.29 is 9.53 Å². The molecule has 4 rings (SSSR count). The number of aromatic nitrogens is 7. The SMILES string of the molecule is COc1c(Nc2nc(NCc3cnn(C)c3)ncc2C(N)=O)cccc1-c1ncn(C)n1. The van der Waals surface area contributed by atoms with Gasteiger partial charge >= 0.3 is 0 Å². The predicted molar refractivity (Wildman–Crippen MR) is 117 cm³/mol. The maximum absolute atomic E-state index is 12.0. The molecular weight excluding hydrogens is 412 g/mol. The van der Waals surface area contributed by atoms with Crippen LogP contribution in [0.15, 0.2) is 43.1 Å². The van der Waals surface area contributed by atoms with Crippen LogP contribution in [0, 0.1) is 0 Å². The van der Waals surface area contributed by atoms with E-state index < -0.39 is 5.91 Å². The molecule has 1 amide bonds. The average molecular weight is 434 g/mol. The van der Waals surface area contributed by atoms with Crippen LogP contribution in [0.2, 0.25) is 0 Å². The van der Waals surface area contributed by atoms with Crippen molar-refractivity contribution in [3.63, 3.8) is 0 Å². The van der Waals surface area contributed by atoms with Crippen LogP contribution >= 0.6 is 0 Å². The fourth-order valence-corrected chi connectivity index (χ4v) is 3.11. The van der Waals surface area contributed by atoms with Gasteiger partial charge in [0, 0.05) is 38.6 Å². The van der Waals surface area contributed by atoms with E-state index in [2.05, 4.69) is 35.8 Å². The molecule has 0 aliphatic rings. The lowest BCUT2D eigenvalue weighted by Crippen LogP contribution is -2.16. The Hall–Kier alpha value is -4.48. The molecular formula is C20H22N10O2. The molecule has 12 heteroatoms. The number of hydrogen-bond donors (Lipinski definition) is 3. The second-order valence-electron chi connectivity index (χ2n) is 6.95. The summed E-state index contributed by atoms with van der Waals surface area (Å²) in [5, 5.41) is 14.7. The van der Waals surface area contributed by atoms with Crippen LogP contribution in [0.25, 0.3) is 11.4 Å². The Morgan fingerprint density at radius 3 is 2.69 bits per heavy atom. The van der Waals surface area contributed by atoms with Crippen LogP contribution < -0.4 is 21.1 Å². The maximum atomic E-state index is 12.0. The van der Waals surface area contributed by atoms with Crippen molar-refractivity contribution >= 4 is 23.4 Å². The Labute approximate surface area is 183 Å². The minimum absolute atomic E-state index is 0.139. The number of benzene rings is 1. The second kappa shape index (κ2) is 8.71. The number of nitrogens with one attached hydrogen (secondary N) is 2. The minimum atomic E-state index is -0.659. The smallest absolute Gasteiger partial charge is 0.254 e. The number of nitrogens with two attached hydrogens (primary N) is 1. The minimum Gasteiger partial charge on any atom is -0.494 e. The summed E-state index contributed by atoms with van der Waals surface area (Å²) < 4.78 is 8.92. The molecule has 0 saturated carbocycles. The number of anilines is 3. The van der Waals surface area contributed by atoms with E-state index in [1.807, 2.05) is 25.4 Å². The summed E-state index contributed by atoms with van der Waals surface area (Å²) >= 11 is 0. The summed E-state index contributed by atoms with van der Waals surface area (Å²) in [6.45, 7) is 0.466. The molecule has 3 heterocycles. The van der Waals surface area contributed by atoms with E-state index in [0.29, 0.717) is 35.3 Å². The van der Waals surface area contributed by atoms with Gasteiger partial charge in [0.1, 0.15) is 17.7 Å². The first-order chi connectivity index (χ1) is 15.4. The molecule has 1 aromatic carbocycles. The van der Waals surface area contributed by atoms with Gasteiger partial charge in [-0.3, -0.25) is 14.2 Å². The van der Waals surface area contributed by atoms with Gasteiger partial charge < -0.3 is 21.1 Å². The molecule has 0 unspecified atom stereocenters. The zero-order valence-electron chi connectivity index (χ0n) is 17.8. The molecule has 4 aromatic rings. The first-order valence-electron chi connectivity index (χ1n) is 9.63. The molecule has 0 spiro atoms. The fraction of sp³-hybridized carbons (Fsp3) is 0.200. The Kier molecular flexibility index (Phi) is 5.66. The van der Waals surface area contributed by atoms with Crippen molar-refractivity contribution in [3.05, 3.63) is 54.2 Å². The van der Waals surface area contributed by atoms with Gasteiger partial charge in [0.05, 0.1) is 24.6 Å². The summed E-state index contributed by atoms with van der Waals surface area (Å²) in [4.78, 5) is 24.9. The van der Waals surface area contributed by atoms with Gasteiger partial charge in [0.25, 0.3) is 5.91 Å². The van der Waals surface area contributed by atoms with E-state index in [0.717, 1.165) is 5.56 Å². The van der Waals surface area contributed by atoms with Crippen LogP contribution in [0.5, 0.6) is 5.75 Å². The van der Waals surface area contributed by atoms with Gasteiger partial charge in [-0.15, -0.1) is 0 Å². The maximum Gasteiger partial charge on any atom is 0.254 e. The lowest BCUT2D eigenvalue weighted by Gasteiger charge is -2.15. The van der Waals surface area contributed by atoms with Crippen LogP contribution in [0.1, 0.15) is 15.9 Å². The number of aryl methyl sites for hydroxylation is 2. The number of carbonyl (C=O) groups excluding carboxylic acids is 1. The third-order valence-electron chi connectivity index (χ3n) is 4.58. The number of carbonyl (C=O) groups is 1. The van der Waals surface area contributed by atoms with Crippen LogP contribution in [-0.2, 0) is 20.6 Å². The van der Waals surface area contributed by atoms with E-state index in [1.54, 1.807) is 42.1 Å². The summed E-state index contributed by atoms with van der Waals surface area (Å²) in [6.07, 6.45) is 6.60. The summed E-state index contributed by atoms with van der Waals surface area (Å²) in [5.41, 5.74) is 7.88. The predicted octanol–water partition coefficient (Wildman–Crippen LogP) is 1.47. The van der Waals surface area contributed by atoms with E-state index in [9.17, 15) is 4.79 Å². The molecule has 0 fully saturated rings. The first-order valence-corrected chi connectivity index (χ1v) is 9.63. The number of para-hydroxylation sites is 1. The summed E-state index contributed by atoms with van der Waals surface area (Å²) in [5.74, 6) is 0.906. The molecule has 0 aliphatic carbocycles. The number of rotatable bonds is 8. The monoisotopic (exact) mass is 434 g/mol.